The fourth-order valence-electron chi connectivity index (χ4n) is 2.12. The van der Waals surface area contributed by atoms with Crippen molar-refractivity contribution >= 4 is 38.4 Å². The van der Waals surface area contributed by atoms with Crippen LogP contribution in [0.25, 0.3) is 21.1 Å². The van der Waals surface area contributed by atoms with Crippen LogP contribution in [0.15, 0.2) is 29.6 Å². The third-order valence-electron chi connectivity index (χ3n) is 2.85. The molecule has 3 nitrogen and oxygen atoms in total. The van der Waals surface area contributed by atoms with Gasteiger partial charge in [0.15, 0.2) is 0 Å². The van der Waals surface area contributed by atoms with Crippen molar-refractivity contribution < 1.29 is 9.90 Å². The quantitative estimate of drug-likeness (QED) is 0.712. The first-order valence-corrected chi connectivity index (χ1v) is 6.06. The maximum Gasteiger partial charge on any atom is 0.337 e. The van der Waals surface area contributed by atoms with Crippen molar-refractivity contribution in [2.45, 2.75) is 6.92 Å². The molecular weight excluding hydrogens is 234 g/mol. The lowest BCUT2D eigenvalue weighted by Gasteiger charge is -2.06. The van der Waals surface area contributed by atoms with E-state index in [9.17, 15) is 9.90 Å². The van der Waals surface area contributed by atoms with E-state index in [4.69, 9.17) is 0 Å². The Balaban J connectivity index is 2.65. The maximum absolute atomic E-state index is 11.5. The average molecular weight is 243 g/mol. The molecule has 0 saturated heterocycles. The van der Waals surface area contributed by atoms with E-state index in [1.54, 1.807) is 0 Å². The number of hydrogen-bond donors (Lipinski definition) is 1. The van der Waals surface area contributed by atoms with E-state index in [2.05, 4.69) is 4.98 Å². The summed E-state index contributed by atoms with van der Waals surface area (Å²) in [6.07, 6.45) is 0. The molecule has 0 saturated carbocycles. The van der Waals surface area contributed by atoms with Gasteiger partial charge in [0.25, 0.3) is 0 Å². The van der Waals surface area contributed by atoms with E-state index in [1.807, 2.05) is 36.6 Å². The first kappa shape index (κ1) is 10.2. The van der Waals surface area contributed by atoms with Crippen LogP contribution in [0.2, 0.25) is 0 Å². The van der Waals surface area contributed by atoms with Crippen LogP contribution in [0.1, 0.15) is 15.9 Å². The summed E-state index contributed by atoms with van der Waals surface area (Å²) in [5, 5.41) is 12.7. The van der Waals surface area contributed by atoms with Gasteiger partial charge in [0.05, 0.1) is 11.1 Å². The number of carboxylic acids is 1. The Morgan fingerprint density at radius 3 is 2.94 bits per heavy atom. The van der Waals surface area contributed by atoms with Crippen molar-refractivity contribution in [2.75, 3.05) is 0 Å². The molecule has 2 heterocycles. The van der Waals surface area contributed by atoms with Crippen molar-refractivity contribution in [3.8, 4) is 0 Å². The number of carboxylic acid groups (broad SMARTS) is 1. The topological polar surface area (TPSA) is 50.2 Å². The number of carbonyl (C=O) groups is 1. The van der Waals surface area contributed by atoms with Crippen LogP contribution < -0.4 is 0 Å². The Labute approximate surface area is 101 Å². The number of benzene rings is 1. The molecule has 1 N–H and O–H groups in total. The lowest BCUT2D eigenvalue weighted by molar-refractivity contribution is 0.0701. The minimum absolute atomic E-state index is 0.365. The molecule has 0 aliphatic carbocycles. The molecule has 0 spiro atoms. The first-order chi connectivity index (χ1) is 8.18. The molecule has 0 bridgehead atoms. The highest BCUT2D eigenvalue weighted by molar-refractivity contribution is 7.16. The maximum atomic E-state index is 11.5. The highest BCUT2D eigenvalue weighted by Crippen LogP contribution is 2.30. The number of aromatic carboxylic acids is 1. The molecule has 4 heteroatoms. The normalized spacial score (nSPS) is 11.1. The van der Waals surface area contributed by atoms with Gasteiger partial charge in [-0.3, -0.25) is 0 Å². The second-order valence-electron chi connectivity index (χ2n) is 3.90. The van der Waals surface area contributed by atoms with E-state index in [1.165, 1.54) is 11.3 Å². The van der Waals surface area contributed by atoms with Crippen LogP contribution in [0.4, 0.5) is 0 Å². The number of pyridine rings is 1. The highest BCUT2D eigenvalue weighted by Gasteiger charge is 2.16. The molecule has 0 amide bonds. The van der Waals surface area contributed by atoms with Crippen LogP contribution >= 0.6 is 11.3 Å². The molecule has 0 fully saturated rings. The summed E-state index contributed by atoms with van der Waals surface area (Å²) < 4.78 is 0. The second kappa shape index (κ2) is 3.53. The van der Waals surface area contributed by atoms with Crippen molar-refractivity contribution in [1.29, 1.82) is 0 Å². The number of nitrogens with zero attached hydrogens (tertiary/aromatic N) is 1. The van der Waals surface area contributed by atoms with Crippen LogP contribution in [-0.2, 0) is 0 Å². The summed E-state index contributed by atoms with van der Waals surface area (Å²) in [6.45, 7) is 1.91. The summed E-state index contributed by atoms with van der Waals surface area (Å²) in [6, 6.07) is 7.49. The van der Waals surface area contributed by atoms with Crippen LogP contribution in [0.3, 0.4) is 0 Å². The molecule has 3 rings (SSSR count). The third-order valence-corrected chi connectivity index (χ3v) is 3.66. The van der Waals surface area contributed by atoms with Gasteiger partial charge in [0, 0.05) is 10.8 Å². The zero-order chi connectivity index (χ0) is 12.0. The molecule has 1 aromatic carbocycles. The predicted molar refractivity (Wildman–Crippen MR) is 68.8 cm³/mol. The smallest absolute Gasteiger partial charge is 0.337 e. The Morgan fingerprint density at radius 2 is 2.18 bits per heavy atom. The van der Waals surface area contributed by atoms with E-state index in [0.717, 1.165) is 26.7 Å². The number of aryl methyl sites for hydroxylation is 1. The molecule has 0 atom stereocenters. The van der Waals surface area contributed by atoms with Gasteiger partial charge in [-0.2, -0.15) is 0 Å². The van der Waals surface area contributed by atoms with Crippen LogP contribution in [0, 0.1) is 6.92 Å². The molecule has 17 heavy (non-hydrogen) atoms. The van der Waals surface area contributed by atoms with Gasteiger partial charge in [-0.15, -0.1) is 11.3 Å². The molecule has 84 valence electrons. The van der Waals surface area contributed by atoms with E-state index in [0.29, 0.717) is 5.56 Å². The van der Waals surface area contributed by atoms with Gasteiger partial charge in [0.1, 0.15) is 4.83 Å². The van der Waals surface area contributed by atoms with Crippen molar-refractivity contribution in [3.05, 3.63) is 40.8 Å². The Morgan fingerprint density at radius 1 is 1.35 bits per heavy atom. The van der Waals surface area contributed by atoms with Gasteiger partial charge in [-0.1, -0.05) is 12.1 Å². The Bertz CT molecular complexity index is 746. The molecular formula is C13H9NO2S. The zero-order valence-corrected chi connectivity index (χ0v) is 9.91. The summed E-state index contributed by atoms with van der Waals surface area (Å²) in [5.74, 6) is -0.893. The second-order valence-corrected chi connectivity index (χ2v) is 4.79. The van der Waals surface area contributed by atoms with Gasteiger partial charge >= 0.3 is 5.97 Å². The predicted octanol–water partition coefficient (Wildman–Crippen LogP) is 3.46. The summed E-state index contributed by atoms with van der Waals surface area (Å²) in [7, 11) is 0. The standard InChI is InChI=1S/C13H9NO2S/c1-7-3-2-4-9-10(7)11(13(15)16)8-5-6-17-12(8)14-9/h2-6H,1H3,(H,15,16). The largest absolute Gasteiger partial charge is 0.478 e. The summed E-state index contributed by atoms with van der Waals surface area (Å²) >= 11 is 1.47. The van der Waals surface area contributed by atoms with Gasteiger partial charge in [-0.05, 0) is 30.0 Å². The average Bonchev–Trinajstić information content (AvgIpc) is 2.73. The molecule has 0 aliphatic rings. The Hall–Kier alpha value is -1.94. The number of hydrogen-bond acceptors (Lipinski definition) is 3. The van der Waals surface area contributed by atoms with Crippen molar-refractivity contribution in [2.24, 2.45) is 0 Å². The lowest BCUT2D eigenvalue weighted by Crippen LogP contribution is -2.00. The van der Waals surface area contributed by atoms with Crippen molar-refractivity contribution in [1.82, 2.24) is 4.98 Å². The number of rotatable bonds is 1. The van der Waals surface area contributed by atoms with Gasteiger partial charge < -0.3 is 5.11 Å². The highest BCUT2D eigenvalue weighted by atomic mass is 32.1. The lowest BCUT2D eigenvalue weighted by atomic mass is 10.0. The Kier molecular flexibility index (Phi) is 2.12. The van der Waals surface area contributed by atoms with E-state index in [-0.39, 0.29) is 0 Å². The monoisotopic (exact) mass is 243 g/mol. The van der Waals surface area contributed by atoms with Crippen LogP contribution in [0.5, 0.6) is 0 Å². The van der Waals surface area contributed by atoms with Gasteiger partial charge in [0.2, 0.25) is 0 Å². The van der Waals surface area contributed by atoms with Crippen molar-refractivity contribution in [3.63, 3.8) is 0 Å². The van der Waals surface area contributed by atoms with Gasteiger partial charge in [-0.25, -0.2) is 9.78 Å². The molecule has 0 aliphatic heterocycles. The summed E-state index contributed by atoms with van der Waals surface area (Å²) in [5.41, 5.74) is 2.06. The first-order valence-electron chi connectivity index (χ1n) is 5.18. The molecule has 3 aromatic rings. The summed E-state index contributed by atoms with van der Waals surface area (Å²) in [4.78, 5) is 16.7. The number of fused-ring (bicyclic) bond motifs is 2. The molecule has 2 aromatic heterocycles. The zero-order valence-electron chi connectivity index (χ0n) is 9.10. The van der Waals surface area contributed by atoms with Crippen LogP contribution in [-0.4, -0.2) is 16.1 Å². The minimum Gasteiger partial charge on any atom is -0.478 e. The number of thiophene rings is 1. The number of aromatic nitrogens is 1. The van der Waals surface area contributed by atoms with E-state index < -0.39 is 5.97 Å². The van der Waals surface area contributed by atoms with E-state index >= 15 is 0 Å². The minimum atomic E-state index is -0.893. The fraction of sp³-hybridized carbons (Fsp3) is 0.0769. The molecule has 0 unspecified atom stereocenters. The SMILES string of the molecule is Cc1cccc2nc3sccc3c(C(=O)O)c12. The molecule has 0 radical (unpaired) electrons. The third kappa shape index (κ3) is 1.41. The fourth-order valence-corrected chi connectivity index (χ4v) is 2.90.